The van der Waals surface area contributed by atoms with E-state index in [9.17, 15) is 19.7 Å². The number of hydrogen-bond donors (Lipinski definition) is 2. The first kappa shape index (κ1) is 16.7. The summed E-state index contributed by atoms with van der Waals surface area (Å²) in [7, 11) is 0. The molecule has 2 heterocycles. The van der Waals surface area contributed by atoms with Gasteiger partial charge in [-0.3, -0.25) is 19.7 Å². The number of nitrogens with one attached hydrogen (secondary N) is 2. The van der Waals surface area contributed by atoms with Crippen molar-refractivity contribution < 1.29 is 18.9 Å². The predicted octanol–water partition coefficient (Wildman–Crippen LogP) is 0.635. The molecule has 11 heteroatoms. The van der Waals surface area contributed by atoms with E-state index < -0.39 is 16.1 Å². The molecular formula is C12H13N5O5S. The fourth-order valence-electron chi connectivity index (χ4n) is 1.67. The summed E-state index contributed by atoms with van der Waals surface area (Å²) < 4.78 is 4.87. The maximum atomic E-state index is 11.7. The largest absolute Gasteiger partial charge is 0.433 e. The Morgan fingerprint density at radius 2 is 2.39 bits per heavy atom. The lowest BCUT2D eigenvalue weighted by Crippen LogP contribution is -2.31. The van der Waals surface area contributed by atoms with Gasteiger partial charge in [0.15, 0.2) is 10.9 Å². The van der Waals surface area contributed by atoms with Crippen LogP contribution in [0.25, 0.3) is 0 Å². The number of carbonyl (C=O) groups is 2. The molecule has 0 saturated carbocycles. The molecule has 0 radical (unpaired) electrons. The molecule has 1 aromatic heterocycles. The molecule has 0 spiro atoms. The molecule has 122 valence electrons. The zero-order valence-corrected chi connectivity index (χ0v) is 12.8. The number of amides is 2. The van der Waals surface area contributed by atoms with Crippen LogP contribution >= 0.6 is 11.8 Å². The maximum absolute atomic E-state index is 11.7. The van der Waals surface area contributed by atoms with E-state index in [0.29, 0.717) is 6.54 Å². The van der Waals surface area contributed by atoms with Gasteiger partial charge in [-0.15, -0.1) is 5.10 Å². The number of rotatable bonds is 6. The zero-order valence-electron chi connectivity index (χ0n) is 12.0. The minimum absolute atomic E-state index is 0.0530. The van der Waals surface area contributed by atoms with Crippen LogP contribution in [0.5, 0.6) is 0 Å². The molecule has 1 unspecified atom stereocenters. The van der Waals surface area contributed by atoms with Crippen molar-refractivity contribution in [3.8, 4) is 0 Å². The summed E-state index contributed by atoms with van der Waals surface area (Å²) >= 11 is 1.09. The van der Waals surface area contributed by atoms with Crippen molar-refractivity contribution in [3.63, 3.8) is 0 Å². The molecule has 1 aromatic rings. The fraction of sp³-hybridized carbons (Fsp3) is 0.333. The highest BCUT2D eigenvalue weighted by atomic mass is 32.2. The normalized spacial score (nSPS) is 19.3. The third-order valence-electron chi connectivity index (χ3n) is 2.65. The predicted molar refractivity (Wildman–Crippen MR) is 83.2 cm³/mol. The summed E-state index contributed by atoms with van der Waals surface area (Å²) in [6.07, 6.45) is 1.24. The first-order chi connectivity index (χ1) is 11.0. The van der Waals surface area contributed by atoms with Gasteiger partial charge in [0.25, 0.3) is 0 Å². The minimum Gasteiger partial charge on any atom is -0.400 e. The molecule has 1 aliphatic heterocycles. The van der Waals surface area contributed by atoms with Crippen LogP contribution in [0.3, 0.4) is 0 Å². The molecule has 1 fully saturated rings. The Hall–Kier alpha value is -2.69. The van der Waals surface area contributed by atoms with E-state index in [1.807, 2.05) is 0 Å². The van der Waals surface area contributed by atoms with E-state index in [2.05, 4.69) is 20.8 Å². The number of nitrogens with zero attached hydrogens (tertiary/aromatic N) is 3. The number of hydrogen-bond acceptors (Lipinski definition) is 8. The Morgan fingerprint density at radius 1 is 1.61 bits per heavy atom. The quantitative estimate of drug-likeness (QED) is 0.443. The lowest BCUT2D eigenvalue weighted by molar-refractivity contribution is -0.402. The minimum atomic E-state index is -0.664. The van der Waals surface area contributed by atoms with Crippen molar-refractivity contribution >= 4 is 40.8 Å². The van der Waals surface area contributed by atoms with Crippen LogP contribution in [-0.2, 0) is 9.59 Å². The average Bonchev–Trinajstić information content (AvgIpc) is 3.07. The summed E-state index contributed by atoms with van der Waals surface area (Å²) in [5.74, 6) is -0.768. The van der Waals surface area contributed by atoms with E-state index in [-0.39, 0.29) is 29.2 Å². The van der Waals surface area contributed by atoms with Crippen LogP contribution in [0.1, 0.15) is 19.1 Å². The molecule has 23 heavy (non-hydrogen) atoms. The van der Waals surface area contributed by atoms with Gasteiger partial charge >= 0.3 is 5.88 Å². The molecule has 0 aliphatic carbocycles. The van der Waals surface area contributed by atoms with E-state index in [1.165, 1.54) is 18.3 Å². The molecule has 1 saturated heterocycles. The van der Waals surface area contributed by atoms with Crippen molar-refractivity contribution in [3.05, 3.63) is 28.0 Å². The number of furan rings is 1. The molecule has 0 bridgehead atoms. The molecule has 2 N–H and O–H groups in total. The second kappa shape index (κ2) is 7.54. The highest BCUT2D eigenvalue weighted by molar-refractivity contribution is 8.15. The SMILES string of the molecule is CCNC(=O)CC1S/C(=N\N=Cc2ccc([N+](=O)[O-])o2)NC1=O. The van der Waals surface area contributed by atoms with Crippen molar-refractivity contribution in [2.24, 2.45) is 10.2 Å². The number of carbonyl (C=O) groups excluding carboxylic acids is 2. The summed E-state index contributed by atoms with van der Waals surface area (Å²) in [6, 6.07) is 2.57. The second-order valence-corrected chi connectivity index (χ2v) is 5.53. The summed E-state index contributed by atoms with van der Waals surface area (Å²) in [6.45, 7) is 2.29. The zero-order chi connectivity index (χ0) is 16.8. The van der Waals surface area contributed by atoms with Crippen LogP contribution in [0.15, 0.2) is 26.8 Å². The second-order valence-electron chi connectivity index (χ2n) is 4.34. The lowest BCUT2D eigenvalue weighted by atomic mass is 10.3. The van der Waals surface area contributed by atoms with Gasteiger partial charge < -0.3 is 15.1 Å². The molecular weight excluding hydrogens is 326 g/mol. The molecule has 2 amide bonds. The van der Waals surface area contributed by atoms with Crippen molar-refractivity contribution in [1.29, 1.82) is 0 Å². The standard InChI is InChI=1S/C12H13N5O5S/c1-2-13-9(18)5-8-11(19)15-12(23-8)16-14-6-7-3-4-10(22-7)17(20)21/h3-4,6,8H,2,5H2,1H3,(H,13,18)(H,15,16,19). The number of amidine groups is 1. The van der Waals surface area contributed by atoms with E-state index >= 15 is 0 Å². The van der Waals surface area contributed by atoms with Gasteiger partial charge in [0, 0.05) is 13.0 Å². The maximum Gasteiger partial charge on any atom is 0.433 e. The van der Waals surface area contributed by atoms with Crippen LogP contribution in [-0.4, -0.2) is 39.9 Å². The lowest BCUT2D eigenvalue weighted by Gasteiger charge is -2.04. The highest BCUT2D eigenvalue weighted by Gasteiger charge is 2.32. The highest BCUT2D eigenvalue weighted by Crippen LogP contribution is 2.22. The van der Waals surface area contributed by atoms with Gasteiger partial charge in [0.2, 0.25) is 11.8 Å². The molecule has 10 nitrogen and oxygen atoms in total. The average molecular weight is 339 g/mol. The molecule has 2 rings (SSSR count). The smallest absolute Gasteiger partial charge is 0.400 e. The molecule has 1 atom stereocenters. The fourth-order valence-corrected chi connectivity index (χ4v) is 2.60. The van der Waals surface area contributed by atoms with E-state index in [1.54, 1.807) is 6.92 Å². The van der Waals surface area contributed by atoms with Crippen LogP contribution in [0.4, 0.5) is 5.88 Å². The van der Waals surface area contributed by atoms with Crippen LogP contribution in [0, 0.1) is 10.1 Å². The number of thioether (sulfide) groups is 1. The van der Waals surface area contributed by atoms with Gasteiger partial charge in [-0.25, -0.2) is 0 Å². The first-order valence-corrected chi connectivity index (χ1v) is 7.47. The Kier molecular flexibility index (Phi) is 5.46. The topological polar surface area (TPSA) is 139 Å². The Bertz CT molecular complexity index is 683. The van der Waals surface area contributed by atoms with E-state index in [0.717, 1.165) is 11.8 Å². The first-order valence-electron chi connectivity index (χ1n) is 6.59. The summed E-state index contributed by atoms with van der Waals surface area (Å²) in [5.41, 5.74) is 0. The van der Waals surface area contributed by atoms with Crippen LogP contribution in [0.2, 0.25) is 0 Å². The van der Waals surface area contributed by atoms with Gasteiger partial charge in [-0.2, -0.15) is 5.10 Å². The summed E-state index contributed by atoms with van der Waals surface area (Å²) in [4.78, 5) is 33.0. The Labute approximate surface area is 134 Å². The van der Waals surface area contributed by atoms with Gasteiger partial charge in [0.1, 0.15) is 10.2 Å². The van der Waals surface area contributed by atoms with Gasteiger partial charge in [-0.1, -0.05) is 11.8 Å². The monoisotopic (exact) mass is 339 g/mol. The van der Waals surface area contributed by atoms with Crippen molar-refractivity contribution in [2.45, 2.75) is 18.6 Å². The van der Waals surface area contributed by atoms with Gasteiger partial charge in [0.05, 0.1) is 12.3 Å². The third-order valence-corrected chi connectivity index (χ3v) is 3.72. The van der Waals surface area contributed by atoms with Crippen molar-refractivity contribution in [1.82, 2.24) is 10.6 Å². The third kappa shape index (κ3) is 4.64. The van der Waals surface area contributed by atoms with Crippen molar-refractivity contribution in [2.75, 3.05) is 6.54 Å². The Morgan fingerprint density at radius 3 is 3.04 bits per heavy atom. The molecule has 1 aliphatic rings. The summed E-state index contributed by atoms with van der Waals surface area (Å²) in [5, 5.41) is 22.7. The van der Waals surface area contributed by atoms with Gasteiger partial charge in [-0.05, 0) is 13.0 Å². The van der Waals surface area contributed by atoms with E-state index in [4.69, 9.17) is 4.42 Å². The van der Waals surface area contributed by atoms with Crippen LogP contribution < -0.4 is 10.6 Å². The number of nitro groups is 1. The Balaban J connectivity index is 1.93. The molecule has 0 aromatic carbocycles.